The van der Waals surface area contributed by atoms with Crippen LogP contribution in [0.5, 0.6) is 0 Å². The SMILES string of the molecule is COCC(Cc1ccc(Cl)cc1Cl)NC(=O)c1cn(C)nc1C(F)F. The standard InChI is InChI=1S/C16H17Cl2F2N3O2/c1-23-7-12(14(22-23)15(19)20)16(24)21-11(8-25-2)5-9-3-4-10(17)6-13(9)18/h3-4,6-7,11,15H,5,8H2,1-2H3,(H,21,24). The first-order chi connectivity index (χ1) is 11.8. The lowest BCUT2D eigenvalue weighted by atomic mass is 10.1. The van der Waals surface area contributed by atoms with Gasteiger partial charge in [-0.3, -0.25) is 9.48 Å². The van der Waals surface area contributed by atoms with Crippen LogP contribution in [-0.4, -0.2) is 35.4 Å². The molecule has 25 heavy (non-hydrogen) atoms. The third-order valence-corrected chi connectivity index (χ3v) is 4.08. The summed E-state index contributed by atoms with van der Waals surface area (Å²) in [6, 6.07) is 4.57. The lowest BCUT2D eigenvalue weighted by Crippen LogP contribution is -2.40. The molecule has 1 atom stereocenters. The second-order valence-electron chi connectivity index (χ2n) is 5.47. The molecule has 0 aliphatic heterocycles. The predicted octanol–water partition coefficient (Wildman–Crippen LogP) is 3.65. The van der Waals surface area contributed by atoms with Crippen LogP contribution in [0.4, 0.5) is 8.78 Å². The fourth-order valence-corrected chi connectivity index (χ4v) is 2.90. The summed E-state index contributed by atoms with van der Waals surface area (Å²) in [5.74, 6) is -0.643. The van der Waals surface area contributed by atoms with Gasteiger partial charge < -0.3 is 10.1 Å². The third kappa shape index (κ3) is 5.14. The Morgan fingerprint density at radius 1 is 1.40 bits per heavy atom. The number of nitrogens with one attached hydrogen (secondary N) is 1. The van der Waals surface area contributed by atoms with Crippen LogP contribution in [-0.2, 0) is 18.2 Å². The number of amides is 1. The van der Waals surface area contributed by atoms with Crippen molar-refractivity contribution in [2.45, 2.75) is 18.9 Å². The largest absolute Gasteiger partial charge is 0.383 e. The van der Waals surface area contributed by atoms with E-state index < -0.39 is 24.1 Å². The Kier molecular flexibility index (Phi) is 6.75. The van der Waals surface area contributed by atoms with Crippen LogP contribution in [0.1, 0.15) is 28.0 Å². The normalized spacial score (nSPS) is 12.4. The Morgan fingerprint density at radius 2 is 2.12 bits per heavy atom. The molecule has 5 nitrogen and oxygen atoms in total. The van der Waals surface area contributed by atoms with E-state index in [4.69, 9.17) is 27.9 Å². The minimum Gasteiger partial charge on any atom is -0.383 e. The number of rotatable bonds is 7. The molecule has 1 heterocycles. The number of hydrogen-bond donors (Lipinski definition) is 1. The van der Waals surface area contributed by atoms with E-state index >= 15 is 0 Å². The molecule has 136 valence electrons. The molecule has 0 aliphatic rings. The smallest absolute Gasteiger partial charge is 0.282 e. The van der Waals surface area contributed by atoms with E-state index in [1.165, 1.54) is 25.0 Å². The van der Waals surface area contributed by atoms with Crippen molar-refractivity contribution in [2.75, 3.05) is 13.7 Å². The zero-order chi connectivity index (χ0) is 18.6. The minimum atomic E-state index is -2.84. The van der Waals surface area contributed by atoms with Gasteiger partial charge in [0.1, 0.15) is 5.69 Å². The maximum Gasteiger partial charge on any atom is 0.282 e. The van der Waals surface area contributed by atoms with Crippen LogP contribution in [0.25, 0.3) is 0 Å². The Balaban J connectivity index is 2.17. The van der Waals surface area contributed by atoms with Crippen LogP contribution in [0.15, 0.2) is 24.4 Å². The molecular formula is C16H17Cl2F2N3O2. The molecule has 1 unspecified atom stereocenters. The Morgan fingerprint density at radius 3 is 2.72 bits per heavy atom. The number of methoxy groups -OCH3 is 1. The van der Waals surface area contributed by atoms with Gasteiger partial charge in [0.2, 0.25) is 0 Å². The molecule has 9 heteroatoms. The van der Waals surface area contributed by atoms with E-state index in [-0.39, 0.29) is 12.2 Å². The highest BCUT2D eigenvalue weighted by molar-refractivity contribution is 6.35. The molecule has 0 bridgehead atoms. The predicted molar refractivity (Wildman–Crippen MR) is 91.5 cm³/mol. The maximum absolute atomic E-state index is 13.0. The summed E-state index contributed by atoms with van der Waals surface area (Å²) in [7, 11) is 2.96. The Labute approximate surface area is 153 Å². The fourth-order valence-electron chi connectivity index (χ4n) is 2.41. The summed E-state index contributed by atoms with van der Waals surface area (Å²) in [6.45, 7) is 0.189. The maximum atomic E-state index is 13.0. The van der Waals surface area contributed by atoms with Gasteiger partial charge in [0.25, 0.3) is 12.3 Å². The summed E-state index contributed by atoms with van der Waals surface area (Å²) in [5, 5.41) is 7.28. The van der Waals surface area contributed by atoms with E-state index in [1.54, 1.807) is 18.2 Å². The van der Waals surface area contributed by atoms with Crippen molar-refractivity contribution in [1.29, 1.82) is 0 Å². The topological polar surface area (TPSA) is 56.1 Å². The zero-order valence-electron chi connectivity index (χ0n) is 13.6. The van der Waals surface area contributed by atoms with Gasteiger partial charge in [-0.25, -0.2) is 8.78 Å². The first-order valence-electron chi connectivity index (χ1n) is 7.37. The van der Waals surface area contributed by atoms with Gasteiger partial charge in [0, 0.05) is 30.4 Å². The molecule has 1 aromatic carbocycles. The number of halogens is 4. The number of aryl methyl sites for hydroxylation is 1. The average molecular weight is 392 g/mol. The van der Waals surface area contributed by atoms with Crippen molar-refractivity contribution < 1.29 is 18.3 Å². The second kappa shape index (κ2) is 8.60. The molecule has 0 saturated carbocycles. The van der Waals surface area contributed by atoms with Crippen LogP contribution in [0.2, 0.25) is 10.0 Å². The van der Waals surface area contributed by atoms with Crippen molar-refractivity contribution >= 4 is 29.1 Å². The third-order valence-electron chi connectivity index (χ3n) is 3.49. The minimum absolute atomic E-state index is 0.166. The first kappa shape index (κ1) is 19.6. The molecule has 0 spiro atoms. The first-order valence-corrected chi connectivity index (χ1v) is 8.12. The van der Waals surface area contributed by atoms with Crippen LogP contribution < -0.4 is 5.32 Å². The van der Waals surface area contributed by atoms with E-state index in [2.05, 4.69) is 10.4 Å². The molecule has 2 aromatic rings. The number of carbonyl (C=O) groups is 1. The fraction of sp³-hybridized carbons (Fsp3) is 0.375. The highest BCUT2D eigenvalue weighted by Crippen LogP contribution is 2.23. The van der Waals surface area contributed by atoms with Crippen molar-refractivity contribution in [1.82, 2.24) is 15.1 Å². The van der Waals surface area contributed by atoms with Gasteiger partial charge in [0.15, 0.2) is 0 Å². The van der Waals surface area contributed by atoms with Gasteiger partial charge in [-0.1, -0.05) is 29.3 Å². The zero-order valence-corrected chi connectivity index (χ0v) is 15.1. The van der Waals surface area contributed by atoms with Crippen LogP contribution >= 0.6 is 23.2 Å². The van der Waals surface area contributed by atoms with Crippen LogP contribution in [0, 0.1) is 0 Å². The lowest BCUT2D eigenvalue weighted by Gasteiger charge is -2.19. The highest BCUT2D eigenvalue weighted by Gasteiger charge is 2.24. The van der Waals surface area contributed by atoms with Crippen molar-refractivity contribution in [3.63, 3.8) is 0 Å². The van der Waals surface area contributed by atoms with E-state index in [9.17, 15) is 13.6 Å². The second-order valence-corrected chi connectivity index (χ2v) is 6.31. The summed E-state index contributed by atoms with van der Waals surface area (Å²) in [4.78, 5) is 12.4. The molecule has 0 radical (unpaired) electrons. The highest BCUT2D eigenvalue weighted by atomic mass is 35.5. The molecule has 1 amide bonds. The van der Waals surface area contributed by atoms with Gasteiger partial charge in [0.05, 0.1) is 18.2 Å². The summed E-state index contributed by atoms with van der Waals surface area (Å²) in [5.41, 5.74) is 0.0372. The van der Waals surface area contributed by atoms with E-state index in [0.29, 0.717) is 16.5 Å². The molecule has 0 saturated heterocycles. The summed E-state index contributed by atoms with van der Waals surface area (Å²) in [6.07, 6.45) is -1.22. The number of carbonyl (C=O) groups excluding carboxylic acids is 1. The van der Waals surface area contributed by atoms with Gasteiger partial charge >= 0.3 is 0 Å². The number of benzene rings is 1. The van der Waals surface area contributed by atoms with Crippen LogP contribution in [0.3, 0.4) is 0 Å². The quantitative estimate of drug-likeness (QED) is 0.783. The molecule has 2 rings (SSSR count). The molecule has 0 aliphatic carbocycles. The molecular weight excluding hydrogens is 375 g/mol. The van der Waals surface area contributed by atoms with E-state index in [1.807, 2.05) is 0 Å². The monoisotopic (exact) mass is 391 g/mol. The van der Waals surface area contributed by atoms with Crippen molar-refractivity contribution in [3.8, 4) is 0 Å². The number of alkyl halides is 2. The molecule has 0 fully saturated rings. The summed E-state index contributed by atoms with van der Waals surface area (Å²) >= 11 is 12.0. The molecule has 1 N–H and O–H groups in total. The number of hydrogen-bond acceptors (Lipinski definition) is 3. The van der Waals surface area contributed by atoms with E-state index in [0.717, 1.165) is 5.56 Å². The van der Waals surface area contributed by atoms with Gasteiger partial charge in [-0.2, -0.15) is 5.10 Å². The van der Waals surface area contributed by atoms with Crippen molar-refractivity contribution in [2.24, 2.45) is 7.05 Å². The number of aromatic nitrogens is 2. The van der Waals surface area contributed by atoms with Crippen molar-refractivity contribution in [3.05, 3.63) is 51.3 Å². The lowest BCUT2D eigenvalue weighted by molar-refractivity contribution is 0.0883. The molecule has 1 aromatic heterocycles. The van der Waals surface area contributed by atoms with Gasteiger partial charge in [-0.05, 0) is 24.1 Å². The Bertz CT molecular complexity index is 753. The van der Waals surface area contributed by atoms with Gasteiger partial charge in [-0.15, -0.1) is 0 Å². The number of nitrogens with zero attached hydrogens (tertiary/aromatic N) is 2. The number of ether oxygens (including phenoxy) is 1. The Hall–Kier alpha value is -1.70. The average Bonchev–Trinajstić information content (AvgIpc) is 2.92. The summed E-state index contributed by atoms with van der Waals surface area (Å²) < 4.78 is 32.3.